The molecule has 0 heterocycles. The summed E-state index contributed by atoms with van der Waals surface area (Å²) in [4.78, 5) is 0. The van der Waals surface area contributed by atoms with Crippen LogP contribution < -0.4 is 0 Å². The van der Waals surface area contributed by atoms with Crippen LogP contribution in [0, 0.1) is 34.5 Å². The average molecular weight is 335 g/mol. The Bertz CT molecular complexity index is 541. The number of aliphatic hydroxyl groups is 3. The minimum absolute atomic E-state index is 0.146. The molecule has 0 aliphatic heterocycles. The average Bonchev–Trinajstić information content (AvgIpc) is 2.86. The van der Waals surface area contributed by atoms with E-state index in [4.69, 9.17) is 0 Å². The van der Waals surface area contributed by atoms with Gasteiger partial charge in [0.2, 0.25) is 0 Å². The van der Waals surface area contributed by atoms with Gasteiger partial charge in [0, 0.05) is 11.8 Å². The predicted molar refractivity (Wildman–Crippen MR) is 94.3 cm³/mol. The highest BCUT2D eigenvalue weighted by atomic mass is 16.3. The van der Waals surface area contributed by atoms with Crippen LogP contribution in [-0.4, -0.2) is 33.6 Å². The third-order valence-electron chi connectivity index (χ3n) is 8.83. The Morgan fingerprint density at radius 2 is 1.88 bits per heavy atom. The van der Waals surface area contributed by atoms with E-state index in [2.05, 4.69) is 19.9 Å². The van der Waals surface area contributed by atoms with E-state index in [9.17, 15) is 15.3 Å². The molecule has 9 atom stereocenters. The maximum atomic E-state index is 10.9. The van der Waals surface area contributed by atoms with E-state index in [0.717, 1.165) is 25.7 Å². The fourth-order valence-electron chi connectivity index (χ4n) is 7.53. The lowest BCUT2D eigenvalue weighted by Crippen LogP contribution is -2.55. The molecule has 4 aliphatic rings. The van der Waals surface area contributed by atoms with Gasteiger partial charge < -0.3 is 15.3 Å². The van der Waals surface area contributed by atoms with E-state index in [0.29, 0.717) is 30.1 Å². The topological polar surface area (TPSA) is 60.7 Å². The second-order valence-corrected chi connectivity index (χ2v) is 9.70. The Labute approximate surface area is 146 Å². The molecule has 136 valence electrons. The zero-order chi connectivity index (χ0) is 17.3. The Morgan fingerprint density at radius 1 is 1.12 bits per heavy atom. The van der Waals surface area contributed by atoms with Crippen LogP contribution in [0.3, 0.4) is 0 Å². The molecule has 3 heteroatoms. The van der Waals surface area contributed by atoms with E-state index in [1.54, 1.807) is 0 Å². The number of aliphatic hydroxyl groups excluding tert-OH is 3. The van der Waals surface area contributed by atoms with Gasteiger partial charge in [-0.15, -0.1) is 0 Å². The summed E-state index contributed by atoms with van der Waals surface area (Å²) < 4.78 is 0. The number of allylic oxidation sites excluding steroid dienone is 1. The van der Waals surface area contributed by atoms with Gasteiger partial charge in [-0.1, -0.05) is 25.5 Å². The SMILES string of the molecule is CC(O)[C@H]1CC[C@H]2[C@@H]3CC=C4CC(O)CC(O)[C@]4(C)[C@H]3CC[C@]12C. The smallest absolute Gasteiger partial charge is 0.0658 e. The lowest BCUT2D eigenvalue weighted by atomic mass is 9.46. The van der Waals surface area contributed by atoms with Gasteiger partial charge >= 0.3 is 0 Å². The molecule has 0 aromatic rings. The third kappa shape index (κ3) is 2.13. The van der Waals surface area contributed by atoms with Crippen molar-refractivity contribution < 1.29 is 15.3 Å². The number of fused-ring (bicyclic) bond motifs is 5. The predicted octanol–water partition coefficient (Wildman–Crippen LogP) is 3.28. The van der Waals surface area contributed by atoms with Gasteiger partial charge in [-0.2, -0.15) is 0 Å². The second kappa shape index (κ2) is 5.56. The fourth-order valence-corrected chi connectivity index (χ4v) is 7.53. The molecule has 0 radical (unpaired) electrons. The highest BCUT2D eigenvalue weighted by Crippen LogP contribution is 2.66. The quantitative estimate of drug-likeness (QED) is 0.645. The molecule has 0 bridgehead atoms. The second-order valence-electron chi connectivity index (χ2n) is 9.70. The van der Waals surface area contributed by atoms with E-state index in [1.807, 2.05) is 6.92 Å². The van der Waals surface area contributed by atoms with E-state index in [-0.39, 0.29) is 23.0 Å². The summed E-state index contributed by atoms with van der Waals surface area (Å²) in [6.45, 7) is 6.65. The first-order valence-corrected chi connectivity index (χ1v) is 10.0. The first-order chi connectivity index (χ1) is 11.3. The number of hydrogen-bond acceptors (Lipinski definition) is 3. The number of hydrogen-bond donors (Lipinski definition) is 3. The van der Waals surface area contributed by atoms with Crippen LogP contribution in [0.15, 0.2) is 11.6 Å². The van der Waals surface area contributed by atoms with E-state index >= 15 is 0 Å². The molecule has 3 unspecified atom stereocenters. The molecule has 0 amide bonds. The van der Waals surface area contributed by atoms with Crippen LogP contribution in [0.25, 0.3) is 0 Å². The summed E-state index contributed by atoms with van der Waals surface area (Å²) in [5, 5.41) is 31.2. The first-order valence-electron chi connectivity index (χ1n) is 10.0. The largest absolute Gasteiger partial charge is 0.393 e. The minimum Gasteiger partial charge on any atom is -0.393 e. The van der Waals surface area contributed by atoms with Crippen LogP contribution >= 0.6 is 0 Å². The zero-order valence-electron chi connectivity index (χ0n) is 15.4. The Balaban J connectivity index is 1.68. The third-order valence-corrected chi connectivity index (χ3v) is 8.83. The van der Waals surface area contributed by atoms with E-state index in [1.165, 1.54) is 18.4 Å². The molecule has 0 aromatic heterocycles. The maximum absolute atomic E-state index is 10.9. The van der Waals surface area contributed by atoms with Gasteiger partial charge in [0.15, 0.2) is 0 Å². The van der Waals surface area contributed by atoms with Gasteiger partial charge in [0.1, 0.15) is 0 Å². The lowest BCUT2D eigenvalue weighted by molar-refractivity contribution is -0.111. The summed E-state index contributed by atoms with van der Waals surface area (Å²) >= 11 is 0. The summed E-state index contributed by atoms with van der Waals surface area (Å²) in [6.07, 6.45) is 8.42. The van der Waals surface area contributed by atoms with Crippen LogP contribution in [-0.2, 0) is 0 Å². The molecule has 3 nitrogen and oxygen atoms in total. The number of rotatable bonds is 1. The molecule has 3 saturated carbocycles. The van der Waals surface area contributed by atoms with Gasteiger partial charge in [-0.05, 0) is 74.5 Å². The van der Waals surface area contributed by atoms with Crippen molar-refractivity contribution in [2.45, 2.75) is 84.0 Å². The van der Waals surface area contributed by atoms with Gasteiger partial charge in [-0.25, -0.2) is 0 Å². The van der Waals surface area contributed by atoms with Crippen molar-refractivity contribution in [2.75, 3.05) is 0 Å². The molecule has 4 rings (SSSR count). The standard InChI is InChI=1S/C21H34O3/c1-12(22)16-6-7-17-15-5-4-13-10-14(23)11-19(24)21(13,3)18(15)8-9-20(16,17)2/h4,12,14-19,22-24H,5-11H2,1-3H3/t12?,14?,15-,16+,17-,18-,19?,20+,21-/m0/s1. The molecule has 0 saturated heterocycles. The lowest BCUT2D eigenvalue weighted by Gasteiger charge is -2.59. The van der Waals surface area contributed by atoms with Crippen molar-refractivity contribution in [3.8, 4) is 0 Å². The summed E-state index contributed by atoms with van der Waals surface area (Å²) in [6, 6.07) is 0. The van der Waals surface area contributed by atoms with Gasteiger partial charge in [-0.3, -0.25) is 0 Å². The monoisotopic (exact) mass is 334 g/mol. The minimum atomic E-state index is -0.418. The summed E-state index contributed by atoms with van der Waals surface area (Å²) in [5.74, 6) is 2.27. The van der Waals surface area contributed by atoms with Crippen molar-refractivity contribution in [2.24, 2.45) is 34.5 Å². The highest BCUT2D eigenvalue weighted by molar-refractivity contribution is 5.27. The molecular formula is C21H34O3. The maximum Gasteiger partial charge on any atom is 0.0658 e. The molecule has 24 heavy (non-hydrogen) atoms. The Hall–Kier alpha value is -0.380. The highest BCUT2D eigenvalue weighted by Gasteiger charge is 2.60. The van der Waals surface area contributed by atoms with Crippen LogP contribution in [0.5, 0.6) is 0 Å². The zero-order valence-corrected chi connectivity index (χ0v) is 15.4. The first kappa shape index (κ1) is 17.1. The van der Waals surface area contributed by atoms with Crippen molar-refractivity contribution in [3.05, 3.63) is 11.6 Å². The Morgan fingerprint density at radius 3 is 2.58 bits per heavy atom. The molecule has 3 N–H and O–H groups in total. The van der Waals surface area contributed by atoms with Crippen LogP contribution in [0.1, 0.15) is 65.7 Å². The molecule has 0 spiro atoms. The van der Waals surface area contributed by atoms with Crippen molar-refractivity contribution in [1.29, 1.82) is 0 Å². The normalized spacial score (nSPS) is 55.2. The van der Waals surface area contributed by atoms with Crippen LogP contribution in [0.4, 0.5) is 0 Å². The molecule has 0 aromatic carbocycles. The van der Waals surface area contributed by atoms with E-state index < -0.39 is 6.10 Å². The fraction of sp³-hybridized carbons (Fsp3) is 0.905. The van der Waals surface area contributed by atoms with Crippen molar-refractivity contribution in [3.63, 3.8) is 0 Å². The summed E-state index contributed by atoms with van der Waals surface area (Å²) in [5.41, 5.74) is 1.42. The van der Waals surface area contributed by atoms with Crippen LogP contribution in [0.2, 0.25) is 0 Å². The van der Waals surface area contributed by atoms with Crippen molar-refractivity contribution in [1.82, 2.24) is 0 Å². The summed E-state index contributed by atoms with van der Waals surface area (Å²) in [7, 11) is 0. The molecule has 4 aliphatic carbocycles. The van der Waals surface area contributed by atoms with Crippen molar-refractivity contribution >= 4 is 0 Å². The Kier molecular flexibility index (Phi) is 3.95. The molecular weight excluding hydrogens is 300 g/mol. The van der Waals surface area contributed by atoms with Gasteiger partial charge in [0.05, 0.1) is 18.3 Å². The molecule has 3 fully saturated rings. The van der Waals surface area contributed by atoms with Gasteiger partial charge in [0.25, 0.3) is 0 Å².